The Kier molecular flexibility index (Phi) is 6.73. The largest absolute Gasteiger partial charge is 0.324 e. The molecule has 35 heavy (non-hydrogen) atoms. The van der Waals surface area contributed by atoms with Crippen molar-refractivity contribution in [3.63, 3.8) is 0 Å². The summed E-state index contributed by atoms with van der Waals surface area (Å²) in [5, 5.41) is 2.87. The molecule has 8 heteroatoms. The number of carbonyl (C=O) groups is 2. The Bertz CT molecular complexity index is 1480. The topological polar surface area (TPSA) is 84.3 Å². The van der Waals surface area contributed by atoms with E-state index in [1.54, 1.807) is 36.4 Å². The van der Waals surface area contributed by atoms with Crippen molar-refractivity contribution in [1.29, 1.82) is 0 Å². The maximum absolute atomic E-state index is 13.5. The van der Waals surface area contributed by atoms with E-state index in [1.807, 2.05) is 32.0 Å². The Hall–Kier alpha value is -4.33. The third-order valence-electron chi connectivity index (χ3n) is 5.69. The highest BCUT2D eigenvalue weighted by atomic mass is 19.1. The average molecular weight is 473 g/mol. The number of aromatic nitrogens is 2. The van der Waals surface area contributed by atoms with E-state index in [4.69, 9.17) is 0 Å². The second kappa shape index (κ2) is 9.89. The maximum Gasteiger partial charge on any atom is 0.294 e. The molecule has 0 unspecified atom stereocenters. The van der Waals surface area contributed by atoms with Gasteiger partial charge >= 0.3 is 0 Å². The third-order valence-corrected chi connectivity index (χ3v) is 5.69. The number of aryl methyl sites for hydroxylation is 2. The molecule has 0 fully saturated rings. The zero-order valence-electron chi connectivity index (χ0n) is 19.7. The van der Waals surface area contributed by atoms with Gasteiger partial charge in [-0.1, -0.05) is 36.4 Å². The fraction of sp³-hybridized carbons (Fsp3) is 0.185. The molecule has 0 saturated carbocycles. The Balaban J connectivity index is 1.74. The first-order chi connectivity index (χ1) is 16.7. The molecule has 0 atom stereocenters. The molecule has 7 nitrogen and oxygen atoms in total. The van der Waals surface area contributed by atoms with E-state index >= 15 is 0 Å². The van der Waals surface area contributed by atoms with Crippen LogP contribution in [0.3, 0.4) is 0 Å². The van der Waals surface area contributed by atoms with E-state index in [2.05, 4.69) is 10.3 Å². The lowest BCUT2D eigenvalue weighted by atomic mass is 10.1. The van der Waals surface area contributed by atoms with Crippen LogP contribution in [0.5, 0.6) is 0 Å². The molecule has 0 saturated heterocycles. The van der Waals surface area contributed by atoms with Gasteiger partial charge in [-0.15, -0.1) is 0 Å². The molecule has 178 valence electrons. The van der Waals surface area contributed by atoms with E-state index < -0.39 is 17.3 Å². The highest BCUT2D eigenvalue weighted by Crippen LogP contribution is 2.19. The molecule has 4 rings (SSSR count). The first kappa shape index (κ1) is 23.8. The summed E-state index contributed by atoms with van der Waals surface area (Å²) in [6.07, 6.45) is 0. The number of hydrogen-bond acceptors (Lipinski definition) is 4. The fourth-order valence-corrected chi connectivity index (χ4v) is 3.82. The number of halogens is 1. The lowest BCUT2D eigenvalue weighted by molar-refractivity contribution is -0.117. The monoisotopic (exact) mass is 472 g/mol. The summed E-state index contributed by atoms with van der Waals surface area (Å²) in [6.45, 7) is 4.92. The summed E-state index contributed by atoms with van der Waals surface area (Å²) in [6, 6.07) is 18.3. The predicted molar refractivity (Wildman–Crippen MR) is 134 cm³/mol. The van der Waals surface area contributed by atoms with E-state index in [9.17, 15) is 18.8 Å². The number of rotatable bonds is 6. The van der Waals surface area contributed by atoms with Gasteiger partial charge in [0.15, 0.2) is 0 Å². The Morgan fingerprint density at radius 1 is 1.03 bits per heavy atom. The van der Waals surface area contributed by atoms with Crippen LogP contribution in [0.25, 0.3) is 11.0 Å². The minimum atomic E-state index is -0.572. The first-order valence-electron chi connectivity index (χ1n) is 11.1. The van der Waals surface area contributed by atoms with Gasteiger partial charge in [-0.3, -0.25) is 23.9 Å². The number of carbonyl (C=O) groups excluding carboxylic acids is 2. The van der Waals surface area contributed by atoms with Crippen molar-refractivity contribution in [3.8, 4) is 0 Å². The Morgan fingerprint density at radius 3 is 2.46 bits per heavy atom. The van der Waals surface area contributed by atoms with Gasteiger partial charge in [0.1, 0.15) is 12.4 Å². The molecule has 0 aliphatic carbocycles. The number of amides is 2. The summed E-state index contributed by atoms with van der Waals surface area (Å²) in [5.74, 6) is -1.28. The molecule has 0 radical (unpaired) electrons. The van der Waals surface area contributed by atoms with Gasteiger partial charge in [-0.2, -0.15) is 0 Å². The highest BCUT2D eigenvalue weighted by Gasteiger charge is 2.22. The van der Waals surface area contributed by atoms with Crippen LogP contribution in [-0.4, -0.2) is 21.4 Å². The molecular weight excluding hydrogens is 447 g/mol. The number of para-hydroxylation sites is 2. The van der Waals surface area contributed by atoms with Crippen LogP contribution in [0.4, 0.5) is 15.9 Å². The van der Waals surface area contributed by atoms with Crippen LogP contribution in [0.15, 0.2) is 71.5 Å². The molecule has 1 aromatic heterocycles. The summed E-state index contributed by atoms with van der Waals surface area (Å²) in [4.78, 5) is 44.7. The van der Waals surface area contributed by atoms with Gasteiger partial charge in [0.2, 0.25) is 17.6 Å². The number of benzene rings is 3. The molecule has 0 bridgehead atoms. The van der Waals surface area contributed by atoms with Crippen molar-refractivity contribution >= 4 is 34.4 Å². The van der Waals surface area contributed by atoms with Gasteiger partial charge < -0.3 is 5.32 Å². The molecular formula is C27H25FN4O3. The smallest absolute Gasteiger partial charge is 0.294 e. The molecule has 1 heterocycles. The lowest BCUT2D eigenvalue weighted by Crippen LogP contribution is -2.38. The second-order valence-electron chi connectivity index (χ2n) is 8.41. The Morgan fingerprint density at radius 2 is 1.74 bits per heavy atom. The fourth-order valence-electron chi connectivity index (χ4n) is 3.82. The van der Waals surface area contributed by atoms with Crippen LogP contribution in [0, 0.1) is 19.7 Å². The third kappa shape index (κ3) is 5.27. The summed E-state index contributed by atoms with van der Waals surface area (Å²) in [7, 11) is 0. The molecule has 0 spiro atoms. The van der Waals surface area contributed by atoms with Gasteiger partial charge in [0.05, 0.1) is 17.6 Å². The molecule has 4 aromatic rings. The standard InChI is InChI=1S/C27H25FN4O3/c1-17-8-9-18(2)23(14-17)29-25(34)16-32-24-7-5-4-6-22(24)30-26(27(32)35)31(19(3)33)15-20-10-12-21(28)13-11-20/h4-14H,15-16H2,1-3H3,(H,29,34). The molecule has 1 N–H and O–H groups in total. The van der Waals surface area contributed by atoms with Crippen molar-refractivity contribution in [1.82, 2.24) is 9.55 Å². The zero-order chi connectivity index (χ0) is 25.1. The number of anilines is 2. The van der Waals surface area contributed by atoms with E-state index in [1.165, 1.54) is 28.5 Å². The van der Waals surface area contributed by atoms with Crippen molar-refractivity contribution in [3.05, 3.63) is 99.6 Å². The number of hydrogen-bond donors (Lipinski definition) is 1. The van der Waals surface area contributed by atoms with Crippen LogP contribution in [0.2, 0.25) is 0 Å². The molecule has 2 amide bonds. The van der Waals surface area contributed by atoms with Crippen molar-refractivity contribution in [2.24, 2.45) is 0 Å². The van der Waals surface area contributed by atoms with E-state index in [0.717, 1.165) is 11.1 Å². The van der Waals surface area contributed by atoms with Crippen molar-refractivity contribution in [2.45, 2.75) is 33.9 Å². The van der Waals surface area contributed by atoms with Crippen LogP contribution in [0.1, 0.15) is 23.6 Å². The quantitative estimate of drug-likeness (QED) is 0.452. The molecule has 0 aliphatic rings. The number of nitrogens with zero attached hydrogens (tertiary/aromatic N) is 3. The average Bonchev–Trinajstić information content (AvgIpc) is 2.82. The van der Waals surface area contributed by atoms with Gasteiger partial charge in [-0.05, 0) is 60.9 Å². The summed E-state index contributed by atoms with van der Waals surface area (Å²) < 4.78 is 14.7. The minimum absolute atomic E-state index is 0.0326. The van der Waals surface area contributed by atoms with Gasteiger partial charge in [0, 0.05) is 12.6 Å². The molecule has 0 aliphatic heterocycles. The first-order valence-corrected chi connectivity index (χ1v) is 11.1. The van der Waals surface area contributed by atoms with Gasteiger partial charge in [-0.25, -0.2) is 9.37 Å². The summed E-state index contributed by atoms with van der Waals surface area (Å²) in [5.41, 5.74) is 3.57. The van der Waals surface area contributed by atoms with Crippen LogP contribution < -0.4 is 15.8 Å². The van der Waals surface area contributed by atoms with Gasteiger partial charge in [0.25, 0.3) is 5.56 Å². The number of nitrogens with one attached hydrogen (secondary N) is 1. The number of fused-ring (bicyclic) bond motifs is 1. The van der Waals surface area contributed by atoms with Crippen LogP contribution >= 0.6 is 0 Å². The molecule has 3 aromatic carbocycles. The maximum atomic E-state index is 13.5. The normalized spacial score (nSPS) is 10.9. The zero-order valence-corrected chi connectivity index (χ0v) is 19.7. The SMILES string of the molecule is CC(=O)N(Cc1ccc(F)cc1)c1nc2ccccc2n(CC(=O)Nc2cc(C)ccc2C)c1=O. The lowest BCUT2D eigenvalue weighted by Gasteiger charge is -2.21. The Labute approximate surface area is 201 Å². The minimum Gasteiger partial charge on any atom is -0.324 e. The van der Waals surface area contributed by atoms with E-state index in [-0.39, 0.29) is 24.8 Å². The van der Waals surface area contributed by atoms with Crippen molar-refractivity contribution < 1.29 is 14.0 Å². The highest BCUT2D eigenvalue weighted by molar-refractivity contribution is 5.94. The predicted octanol–water partition coefficient (Wildman–Crippen LogP) is 4.34. The van der Waals surface area contributed by atoms with Crippen LogP contribution in [-0.2, 0) is 22.7 Å². The summed E-state index contributed by atoms with van der Waals surface area (Å²) >= 11 is 0. The second-order valence-corrected chi connectivity index (χ2v) is 8.41. The van der Waals surface area contributed by atoms with E-state index in [0.29, 0.717) is 22.3 Å². The van der Waals surface area contributed by atoms with Crippen molar-refractivity contribution in [2.75, 3.05) is 10.2 Å².